The number of thiophene rings is 1. The van der Waals surface area contributed by atoms with Gasteiger partial charge in [-0.05, 0) is 43.9 Å². The van der Waals surface area contributed by atoms with Gasteiger partial charge in [-0.1, -0.05) is 24.3 Å². The van der Waals surface area contributed by atoms with E-state index < -0.39 is 11.6 Å². The van der Waals surface area contributed by atoms with Crippen LogP contribution >= 0.6 is 11.3 Å². The summed E-state index contributed by atoms with van der Waals surface area (Å²) < 4.78 is 0. The number of hydrogen-bond acceptors (Lipinski definition) is 4. The summed E-state index contributed by atoms with van der Waals surface area (Å²) in [6.07, 6.45) is 1.79. The van der Waals surface area contributed by atoms with E-state index in [2.05, 4.69) is 11.4 Å². The Hall–Kier alpha value is -2.47. The number of nitrogens with one attached hydrogen (secondary N) is 1. The molecule has 1 aliphatic carbocycles. The fourth-order valence-corrected chi connectivity index (χ4v) is 4.92. The van der Waals surface area contributed by atoms with E-state index in [1.54, 1.807) is 11.3 Å². The molecule has 1 aromatic heterocycles. The van der Waals surface area contributed by atoms with Crippen LogP contribution in [0.4, 0.5) is 4.79 Å². The third kappa shape index (κ3) is 2.65. The van der Waals surface area contributed by atoms with Gasteiger partial charge in [0.2, 0.25) is 0 Å². The van der Waals surface area contributed by atoms with E-state index in [1.165, 1.54) is 5.56 Å². The van der Waals surface area contributed by atoms with Crippen molar-refractivity contribution in [3.05, 3.63) is 56.8 Å². The molecule has 2 aromatic rings. The van der Waals surface area contributed by atoms with Crippen LogP contribution in [0.3, 0.4) is 0 Å². The fraction of sp³-hybridized carbons (Fsp3) is 0.350. The van der Waals surface area contributed by atoms with Gasteiger partial charge in [0.1, 0.15) is 5.54 Å². The molecular formula is C20H20N2O3S. The van der Waals surface area contributed by atoms with Crippen LogP contribution in [0.1, 0.15) is 37.7 Å². The Labute approximate surface area is 156 Å². The first kappa shape index (κ1) is 17.0. The maximum absolute atomic E-state index is 13.1. The van der Waals surface area contributed by atoms with Gasteiger partial charge in [0.25, 0.3) is 5.91 Å². The topological polar surface area (TPSA) is 66.5 Å². The highest BCUT2D eigenvalue weighted by molar-refractivity contribution is 7.12. The predicted octanol–water partition coefficient (Wildman–Crippen LogP) is 3.03. The van der Waals surface area contributed by atoms with Gasteiger partial charge in [-0.25, -0.2) is 4.79 Å². The lowest BCUT2D eigenvalue weighted by Gasteiger charge is -2.32. The molecule has 1 unspecified atom stereocenters. The van der Waals surface area contributed by atoms with Crippen molar-refractivity contribution in [1.82, 2.24) is 10.2 Å². The van der Waals surface area contributed by atoms with Crippen molar-refractivity contribution < 1.29 is 14.4 Å². The molecule has 4 rings (SSSR count). The molecule has 0 saturated carbocycles. The van der Waals surface area contributed by atoms with Crippen LogP contribution in [0.5, 0.6) is 0 Å². The van der Waals surface area contributed by atoms with Gasteiger partial charge in [0.15, 0.2) is 5.78 Å². The fourth-order valence-electron chi connectivity index (χ4n) is 3.98. The second-order valence-corrected chi connectivity index (χ2v) is 8.56. The number of aryl methyl sites for hydroxylation is 3. The number of nitrogens with zero attached hydrogens (tertiary/aromatic N) is 1. The Morgan fingerprint density at radius 1 is 1.23 bits per heavy atom. The number of fused-ring (bicyclic) bond motifs is 1. The molecule has 5 nitrogen and oxygen atoms in total. The van der Waals surface area contributed by atoms with E-state index in [9.17, 15) is 14.4 Å². The lowest BCUT2D eigenvalue weighted by molar-refractivity contribution is -0.131. The summed E-state index contributed by atoms with van der Waals surface area (Å²) >= 11 is 1.55. The molecule has 1 spiro atoms. The Bertz CT molecular complexity index is 933. The molecule has 1 N–H and O–H groups in total. The maximum atomic E-state index is 13.1. The highest BCUT2D eigenvalue weighted by atomic mass is 32.1. The highest BCUT2D eigenvalue weighted by Crippen LogP contribution is 2.33. The first-order valence-corrected chi connectivity index (χ1v) is 9.52. The summed E-state index contributed by atoms with van der Waals surface area (Å²) in [7, 11) is 0. The number of hydrogen-bond donors (Lipinski definition) is 1. The largest absolute Gasteiger partial charge is 0.325 e. The summed E-state index contributed by atoms with van der Waals surface area (Å²) in [4.78, 5) is 41.2. The highest BCUT2D eigenvalue weighted by Gasteiger charge is 2.52. The van der Waals surface area contributed by atoms with Crippen molar-refractivity contribution in [3.63, 3.8) is 0 Å². The van der Waals surface area contributed by atoms with E-state index >= 15 is 0 Å². The molecule has 0 bridgehead atoms. The molecule has 2 heterocycles. The first-order chi connectivity index (χ1) is 12.4. The van der Waals surface area contributed by atoms with Gasteiger partial charge in [0.05, 0.1) is 6.54 Å². The maximum Gasteiger partial charge on any atom is 0.325 e. The number of ketones is 1. The van der Waals surface area contributed by atoms with Crippen LogP contribution in [0.25, 0.3) is 0 Å². The molecule has 1 saturated heterocycles. The Morgan fingerprint density at radius 2 is 1.96 bits per heavy atom. The van der Waals surface area contributed by atoms with Crippen molar-refractivity contribution in [2.24, 2.45) is 0 Å². The molecular weight excluding hydrogens is 348 g/mol. The minimum atomic E-state index is -0.911. The molecule has 1 fully saturated rings. The van der Waals surface area contributed by atoms with Crippen LogP contribution in [0.2, 0.25) is 0 Å². The second-order valence-electron chi connectivity index (χ2n) is 7.10. The van der Waals surface area contributed by atoms with Crippen molar-refractivity contribution in [3.8, 4) is 0 Å². The number of carbonyl (C=O) groups is 3. The SMILES string of the molecule is Cc1cc(C(=O)CN2C(=O)NC3(CCc4ccccc4C3)C2=O)c(C)s1. The van der Waals surface area contributed by atoms with Crippen LogP contribution in [0, 0.1) is 13.8 Å². The molecule has 134 valence electrons. The number of benzene rings is 1. The number of Topliss-reactive ketones (excluding diaryl/α,β-unsaturated/α-hetero) is 1. The Balaban J connectivity index is 1.57. The molecule has 6 heteroatoms. The normalized spacial score (nSPS) is 21.8. The average Bonchev–Trinajstić information content (AvgIpc) is 3.06. The van der Waals surface area contributed by atoms with Crippen LogP contribution < -0.4 is 5.32 Å². The van der Waals surface area contributed by atoms with Crippen LogP contribution in [-0.4, -0.2) is 34.7 Å². The van der Waals surface area contributed by atoms with E-state index in [4.69, 9.17) is 0 Å². The number of amides is 3. The van der Waals surface area contributed by atoms with Gasteiger partial charge < -0.3 is 5.32 Å². The summed E-state index contributed by atoms with van der Waals surface area (Å²) in [5.74, 6) is -0.474. The smallest absolute Gasteiger partial charge is 0.323 e. The first-order valence-electron chi connectivity index (χ1n) is 8.71. The van der Waals surface area contributed by atoms with Gasteiger partial charge in [-0.15, -0.1) is 11.3 Å². The van der Waals surface area contributed by atoms with Gasteiger partial charge >= 0.3 is 6.03 Å². The van der Waals surface area contributed by atoms with Gasteiger partial charge in [-0.2, -0.15) is 0 Å². The minimum absolute atomic E-state index is 0.191. The average molecular weight is 368 g/mol. The molecule has 1 aliphatic heterocycles. The van der Waals surface area contributed by atoms with Gasteiger partial charge in [0, 0.05) is 21.7 Å². The van der Waals surface area contributed by atoms with Crippen molar-refractivity contribution in [1.29, 1.82) is 0 Å². The Morgan fingerprint density at radius 3 is 2.65 bits per heavy atom. The van der Waals surface area contributed by atoms with Crippen LogP contribution in [0.15, 0.2) is 30.3 Å². The van der Waals surface area contributed by atoms with E-state index in [1.807, 2.05) is 38.1 Å². The second kappa shape index (κ2) is 6.06. The van der Waals surface area contributed by atoms with E-state index in [0.717, 1.165) is 26.6 Å². The molecule has 2 aliphatic rings. The number of carbonyl (C=O) groups excluding carboxylic acids is 3. The molecule has 26 heavy (non-hydrogen) atoms. The number of imide groups is 1. The predicted molar refractivity (Wildman–Crippen MR) is 99.6 cm³/mol. The molecule has 0 radical (unpaired) electrons. The van der Waals surface area contributed by atoms with E-state index in [-0.39, 0.29) is 18.2 Å². The summed E-state index contributed by atoms with van der Waals surface area (Å²) in [6.45, 7) is 3.62. The number of urea groups is 1. The minimum Gasteiger partial charge on any atom is -0.323 e. The molecule has 3 amide bonds. The standard InChI is InChI=1S/C20H20N2O3S/c1-12-9-16(13(2)26-12)17(23)11-22-18(24)20(21-19(22)25)8-7-14-5-3-4-6-15(14)10-20/h3-6,9H,7-8,10-11H2,1-2H3,(H,21,25). The lowest BCUT2D eigenvalue weighted by Crippen LogP contribution is -2.51. The van der Waals surface area contributed by atoms with Gasteiger partial charge in [-0.3, -0.25) is 14.5 Å². The Kier molecular flexibility index (Phi) is 3.95. The van der Waals surface area contributed by atoms with Crippen molar-refractivity contribution in [2.45, 2.75) is 38.6 Å². The third-order valence-electron chi connectivity index (χ3n) is 5.32. The zero-order valence-electron chi connectivity index (χ0n) is 14.8. The van der Waals surface area contributed by atoms with Crippen molar-refractivity contribution >= 4 is 29.1 Å². The quantitative estimate of drug-likeness (QED) is 0.669. The number of rotatable bonds is 3. The van der Waals surface area contributed by atoms with Crippen LogP contribution in [-0.2, 0) is 17.6 Å². The molecule has 1 aromatic carbocycles. The monoisotopic (exact) mass is 368 g/mol. The lowest BCUT2D eigenvalue weighted by atomic mass is 9.78. The summed E-state index contributed by atoms with van der Waals surface area (Å²) in [5.41, 5.74) is 2.00. The van der Waals surface area contributed by atoms with E-state index in [0.29, 0.717) is 18.4 Å². The zero-order chi connectivity index (χ0) is 18.5. The molecule has 1 atom stereocenters. The third-order valence-corrected chi connectivity index (χ3v) is 6.29. The zero-order valence-corrected chi connectivity index (χ0v) is 15.6. The summed E-state index contributed by atoms with van der Waals surface area (Å²) in [6, 6.07) is 9.36. The summed E-state index contributed by atoms with van der Waals surface area (Å²) in [5, 5.41) is 2.87. The van der Waals surface area contributed by atoms with Crippen molar-refractivity contribution in [2.75, 3.05) is 6.54 Å².